The largest absolute Gasteiger partial charge is 0.487 e. The zero-order chi connectivity index (χ0) is 22.9. The molecule has 3 aromatic rings. The van der Waals surface area contributed by atoms with Crippen LogP contribution in [0.15, 0.2) is 66.7 Å². The highest BCUT2D eigenvalue weighted by atomic mass is 19.4. The summed E-state index contributed by atoms with van der Waals surface area (Å²) in [5.41, 5.74) is 0.847. The van der Waals surface area contributed by atoms with Gasteiger partial charge in [0.15, 0.2) is 0 Å². The first kappa shape index (κ1) is 21.7. The number of anilines is 1. The maximum atomic E-state index is 13.2. The Labute approximate surface area is 182 Å². The van der Waals surface area contributed by atoms with Crippen molar-refractivity contribution in [2.24, 2.45) is 0 Å². The average Bonchev–Trinajstić information content (AvgIpc) is 2.75. The second kappa shape index (κ2) is 8.55. The van der Waals surface area contributed by atoms with Crippen molar-refractivity contribution in [2.75, 3.05) is 18.0 Å². The number of aliphatic hydroxyl groups excluding tert-OH is 1. The van der Waals surface area contributed by atoms with Gasteiger partial charge in [0.25, 0.3) is 0 Å². The Bertz CT molecular complexity index is 1120. The van der Waals surface area contributed by atoms with Gasteiger partial charge in [-0.1, -0.05) is 30.3 Å². The number of hydrogen-bond donors (Lipinski definition) is 2. The van der Waals surface area contributed by atoms with E-state index in [1.165, 1.54) is 18.2 Å². The molecule has 1 heterocycles. The number of carboxylic acid groups (broad SMARTS) is 1. The van der Waals surface area contributed by atoms with Gasteiger partial charge in [0.05, 0.1) is 30.8 Å². The molecule has 3 aromatic carbocycles. The Morgan fingerprint density at radius 1 is 1.03 bits per heavy atom. The first-order valence-electron chi connectivity index (χ1n) is 9.91. The highest BCUT2D eigenvalue weighted by molar-refractivity contribution is 6.00. The maximum absolute atomic E-state index is 13.2. The molecule has 5 nitrogen and oxygen atoms in total. The monoisotopic (exact) mass is 443 g/mol. The number of benzene rings is 3. The number of ether oxygens (including phenoxy) is 1. The summed E-state index contributed by atoms with van der Waals surface area (Å²) in [6.07, 6.45) is -4.69. The van der Waals surface area contributed by atoms with Crippen LogP contribution in [0.3, 0.4) is 0 Å². The third kappa shape index (κ3) is 4.40. The third-order valence-electron chi connectivity index (χ3n) is 5.35. The summed E-state index contributed by atoms with van der Waals surface area (Å²) in [6, 6.07) is 16.4. The highest BCUT2D eigenvalue weighted by Gasteiger charge is 2.33. The first-order chi connectivity index (χ1) is 15.3. The number of hydrogen-bond acceptors (Lipinski definition) is 4. The van der Waals surface area contributed by atoms with Crippen molar-refractivity contribution in [1.82, 2.24) is 0 Å². The van der Waals surface area contributed by atoms with Gasteiger partial charge >= 0.3 is 12.1 Å². The smallest absolute Gasteiger partial charge is 0.416 e. The van der Waals surface area contributed by atoms with Crippen LogP contribution in [-0.4, -0.2) is 35.4 Å². The Balaban J connectivity index is 1.60. The van der Waals surface area contributed by atoms with Gasteiger partial charge in [0, 0.05) is 11.3 Å². The molecule has 0 atom stereocenters. The lowest BCUT2D eigenvalue weighted by atomic mass is 9.94. The molecule has 0 saturated carbocycles. The predicted molar refractivity (Wildman–Crippen MR) is 113 cm³/mol. The molecular weight excluding hydrogens is 423 g/mol. The normalized spacial score (nSPS) is 14.2. The average molecular weight is 443 g/mol. The van der Waals surface area contributed by atoms with Crippen LogP contribution in [0.2, 0.25) is 0 Å². The van der Waals surface area contributed by atoms with Crippen LogP contribution in [0.25, 0.3) is 11.1 Å². The van der Waals surface area contributed by atoms with Gasteiger partial charge in [-0.05, 0) is 47.5 Å². The van der Waals surface area contributed by atoms with E-state index in [-0.39, 0.29) is 29.4 Å². The van der Waals surface area contributed by atoms with Gasteiger partial charge in [0.2, 0.25) is 0 Å². The van der Waals surface area contributed by atoms with Crippen LogP contribution in [0, 0.1) is 0 Å². The standard InChI is InChI=1S/C24H20F3NO4/c25-24(26,27)17-4-1-3-16(11-17)22-20(23(30)31)5-2-6-21(22)28-12-19(13-28)32-18-9-7-15(14-29)8-10-18/h1-11,19,29H,12-14H2,(H,30,31). The van der Waals surface area contributed by atoms with Gasteiger partial charge in [0.1, 0.15) is 11.9 Å². The summed E-state index contributed by atoms with van der Waals surface area (Å²) >= 11 is 0. The quantitative estimate of drug-likeness (QED) is 0.571. The Kier molecular flexibility index (Phi) is 5.80. The van der Waals surface area contributed by atoms with Gasteiger partial charge in [-0.25, -0.2) is 4.79 Å². The summed E-state index contributed by atoms with van der Waals surface area (Å²) in [5.74, 6) is -0.569. The molecule has 0 bridgehead atoms. The molecule has 166 valence electrons. The lowest BCUT2D eigenvalue weighted by Gasteiger charge is -2.41. The van der Waals surface area contributed by atoms with E-state index in [9.17, 15) is 23.1 Å². The fraction of sp³-hybridized carbons (Fsp3) is 0.208. The molecule has 0 aromatic heterocycles. The fourth-order valence-corrected chi connectivity index (χ4v) is 3.71. The molecule has 4 rings (SSSR count). The van der Waals surface area contributed by atoms with Crippen molar-refractivity contribution >= 4 is 11.7 Å². The van der Waals surface area contributed by atoms with Crippen LogP contribution in [0.5, 0.6) is 5.75 Å². The molecule has 0 radical (unpaired) electrons. The SMILES string of the molecule is O=C(O)c1cccc(N2CC(Oc3ccc(CO)cc3)C2)c1-c1cccc(C(F)(F)F)c1. The lowest BCUT2D eigenvalue weighted by molar-refractivity contribution is -0.137. The maximum Gasteiger partial charge on any atom is 0.416 e. The van der Waals surface area contributed by atoms with Crippen molar-refractivity contribution in [3.05, 3.63) is 83.4 Å². The fourth-order valence-electron chi connectivity index (χ4n) is 3.71. The number of aromatic carboxylic acids is 1. The lowest BCUT2D eigenvalue weighted by Crippen LogP contribution is -2.54. The second-order valence-electron chi connectivity index (χ2n) is 7.53. The van der Waals surface area contributed by atoms with E-state index >= 15 is 0 Å². The molecule has 1 aliphatic rings. The number of nitrogens with zero attached hydrogens (tertiary/aromatic N) is 1. The zero-order valence-electron chi connectivity index (χ0n) is 16.8. The number of aliphatic hydroxyl groups is 1. The number of rotatable bonds is 6. The summed E-state index contributed by atoms with van der Waals surface area (Å²) in [7, 11) is 0. The Hall–Kier alpha value is -3.52. The van der Waals surface area contributed by atoms with E-state index in [4.69, 9.17) is 9.84 Å². The number of halogens is 3. The zero-order valence-corrected chi connectivity index (χ0v) is 16.8. The number of carbonyl (C=O) groups is 1. The molecule has 1 fully saturated rings. The van der Waals surface area contributed by atoms with Gasteiger partial charge in [-0.2, -0.15) is 13.2 Å². The predicted octanol–water partition coefficient (Wildman–Crippen LogP) is 4.83. The molecule has 1 saturated heterocycles. The van der Waals surface area contributed by atoms with E-state index in [1.54, 1.807) is 36.4 Å². The van der Waals surface area contributed by atoms with Crippen LogP contribution in [-0.2, 0) is 12.8 Å². The van der Waals surface area contributed by atoms with Crippen molar-refractivity contribution in [3.63, 3.8) is 0 Å². The van der Waals surface area contributed by atoms with E-state index in [2.05, 4.69) is 0 Å². The van der Waals surface area contributed by atoms with Crippen LogP contribution in [0.4, 0.5) is 18.9 Å². The highest BCUT2D eigenvalue weighted by Crippen LogP contribution is 2.39. The molecule has 0 spiro atoms. The van der Waals surface area contributed by atoms with E-state index in [0.29, 0.717) is 24.5 Å². The van der Waals surface area contributed by atoms with Gasteiger partial charge < -0.3 is 19.8 Å². The third-order valence-corrected chi connectivity index (χ3v) is 5.35. The molecule has 32 heavy (non-hydrogen) atoms. The molecule has 0 amide bonds. The van der Waals surface area contributed by atoms with Crippen LogP contribution >= 0.6 is 0 Å². The molecule has 1 aliphatic heterocycles. The Morgan fingerprint density at radius 3 is 2.34 bits per heavy atom. The van der Waals surface area contributed by atoms with E-state index < -0.39 is 17.7 Å². The number of alkyl halides is 3. The molecule has 0 aliphatic carbocycles. The van der Waals surface area contributed by atoms with Crippen LogP contribution in [0.1, 0.15) is 21.5 Å². The second-order valence-corrected chi connectivity index (χ2v) is 7.53. The van der Waals surface area contributed by atoms with Crippen molar-refractivity contribution in [3.8, 4) is 16.9 Å². The van der Waals surface area contributed by atoms with Gasteiger partial charge in [-0.15, -0.1) is 0 Å². The summed E-state index contributed by atoms with van der Waals surface area (Å²) < 4.78 is 45.6. The topological polar surface area (TPSA) is 70.0 Å². The summed E-state index contributed by atoms with van der Waals surface area (Å²) in [5, 5.41) is 18.8. The number of carboxylic acids is 1. The molecule has 8 heteroatoms. The minimum atomic E-state index is -4.53. The minimum Gasteiger partial charge on any atom is -0.487 e. The minimum absolute atomic E-state index is 0.0598. The van der Waals surface area contributed by atoms with E-state index in [0.717, 1.165) is 17.7 Å². The van der Waals surface area contributed by atoms with Crippen LogP contribution < -0.4 is 9.64 Å². The van der Waals surface area contributed by atoms with Crippen molar-refractivity contribution in [2.45, 2.75) is 18.9 Å². The van der Waals surface area contributed by atoms with E-state index in [1.807, 2.05) is 4.90 Å². The summed E-state index contributed by atoms with van der Waals surface area (Å²) in [6.45, 7) is 0.850. The van der Waals surface area contributed by atoms with Crippen molar-refractivity contribution < 1.29 is 32.9 Å². The first-order valence-corrected chi connectivity index (χ1v) is 9.91. The Morgan fingerprint density at radius 2 is 1.72 bits per heavy atom. The summed E-state index contributed by atoms with van der Waals surface area (Å²) in [4.78, 5) is 13.7. The molecular formula is C24H20F3NO4. The molecule has 2 N–H and O–H groups in total. The van der Waals surface area contributed by atoms with Gasteiger partial charge in [-0.3, -0.25) is 0 Å². The van der Waals surface area contributed by atoms with Crippen molar-refractivity contribution in [1.29, 1.82) is 0 Å². The molecule has 0 unspecified atom stereocenters.